The summed E-state index contributed by atoms with van der Waals surface area (Å²) >= 11 is 0. The molecule has 38 heavy (non-hydrogen) atoms. The Balaban J connectivity index is 1.22. The molecule has 2 heterocycles. The van der Waals surface area contributed by atoms with E-state index in [4.69, 9.17) is 4.74 Å². The Morgan fingerprint density at radius 1 is 1.08 bits per heavy atom. The van der Waals surface area contributed by atoms with Gasteiger partial charge in [0.15, 0.2) is 0 Å². The van der Waals surface area contributed by atoms with E-state index in [9.17, 15) is 4.79 Å². The molecule has 0 spiro atoms. The highest BCUT2D eigenvalue weighted by Crippen LogP contribution is 2.32. The van der Waals surface area contributed by atoms with Gasteiger partial charge in [0, 0.05) is 43.7 Å². The lowest BCUT2D eigenvalue weighted by atomic mass is 9.81. The molecule has 1 aromatic carbocycles. The number of amides is 1. The molecule has 0 unspecified atom stereocenters. The van der Waals surface area contributed by atoms with E-state index in [0.717, 1.165) is 75.3 Å². The van der Waals surface area contributed by atoms with E-state index in [1.54, 1.807) is 0 Å². The van der Waals surface area contributed by atoms with Crippen molar-refractivity contribution in [1.29, 1.82) is 0 Å². The minimum absolute atomic E-state index is 0.225. The Hall–Kier alpha value is -2.14. The number of unbranched alkanes of at least 4 members (excludes halogenated alkanes) is 3. The predicted molar refractivity (Wildman–Crippen MR) is 158 cm³/mol. The van der Waals surface area contributed by atoms with Crippen molar-refractivity contribution in [3.05, 3.63) is 36.0 Å². The molecule has 0 radical (unpaired) electrons. The van der Waals surface area contributed by atoms with Crippen LogP contribution in [0.25, 0.3) is 10.9 Å². The topological polar surface area (TPSA) is 54.5 Å². The lowest BCUT2D eigenvalue weighted by molar-refractivity contribution is -0.126. The number of aryl methyl sites for hydroxylation is 1. The predicted octanol–water partition coefficient (Wildman–Crippen LogP) is 7.17. The summed E-state index contributed by atoms with van der Waals surface area (Å²) in [6.07, 6.45) is 16.0. The number of rotatable bonds is 13. The first-order valence-corrected chi connectivity index (χ1v) is 15.6. The number of hydrogen-bond acceptors (Lipinski definition) is 4. The van der Waals surface area contributed by atoms with E-state index in [0.29, 0.717) is 5.92 Å². The molecule has 1 aromatic heterocycles. The third-order valence-electron chi connectivity index (χ3n) is 8.63. The Morgan fingerprint density at radius 3 is 2.61 bits per heavy atom. The molecule has 2 fully saturated rings. The van der Waals surface area contributed by atoms with Gasteiger partial charge in [0.25, 0.3) is 0 Å². The smallest absolute Gasteiger partial charge is 0.223 e. The zero-order valence-electron chi connectivity index (χ0n) is 24.2. The quantitative estimate of drug-likeness (QED) is 0.284. The van der Waals surface area contributed by atoms with Gasteiger partial charge in [-0.05, 0) is 93.4 Å². The lowest BCUT2D eigenvalue weighted by Crippen LogP contribution is -2.42. The Labute approximate surface area is 231 Å². The first-order valence-electron chi connectivity index (χ1n) is 15.6. The average Bonchev–Trinajstić information content (AvgIpc) is 2.92. The van der Waals surface area contributed by atoms with Crippen LogP contribution in [0.1, 0.15) is 97.0 Å². The maximum Gasteiger partial charge on any atom is 0.223 e. The van der Waals surface area contributed by atoms with Crippen molar-refractivity contribution in [1.82, 2.24) is 15.2 Å². The average molecular weight is 522 g/mol. The number of nitrogens with one attached hydrogen (secondary N) is 1. The highest BCUT2D eigenvalue weighted by molar-refractivity contribution is 5.85. The molecule has 4 rings (SSSR count). The fourth-order valence-electron chi connectivity index (χ4n) is 6.20. The summed E-state index contributed by atoms with van der Waals surface area (Å²) in [5.41, 5.74) is 2.37. The summed E-state index contributed by atoms with van der Waals surface area (Å²) in [5.74, 6) is 2.85. The van der Waals surface area contributed by atoms with Crippen LogP contribution in [0.4, 0.5) is 0 Å². The zero-order valence-corrected chi connectivity index (χ0v) is 24.2. The number of benzene rings is 1. The molecule has 0 bridgehead atoms. The standard InChI is InChI=1S/C33H51N3O2/c1-4-5-6-7-9-27-22-29-10-8-18-34-32(29)31(23-27)38-30-16-20-36(21-17-30)24-26-11-13-28(14-12-26)33(37)35-19-15-25(2)3/h8,10,18,22-23,25-26,28,30H,4-7,9,11-17,19-21,24H2,1-3H3,(H,35,37)/t26-,28-. The number of likely N-dealkylation sites (tertiary alicyclic amines) is 1. The van der Waals surface area contributed by atoms with Gasteiger partial charge in [0.1, 0.15) is 17.4 Å². The van der Waals surface area contributed by atoms with Gasteiger partial charge in [-0.25, -0.2) is 0 Å². The second kappa shape index (κ2) is 14.9. The van der Waals surface area contributed by atoms with Crippen LogP contribution in [0.3, 0.4) is 0 Å². The van der Waals surface area contributed by atoms with Crippen LogP contribution in [-0.4, -0.2) is 48.1 Å². The summed E-state index contributed by atoms with van der Waals surface area (Å²) < 4.78 is 6.63. The summed E-state index contributed by atoms with van der Waals surface area (Å²) in [5, 5.41) is 4.36. The maximum absolute atomic E-state index is 12.5. The third-order valence-corrected chi connectivity index (χ3v) is 8.63. The molecule has 1 saturated carbocycles. The molecule has 1 aliphatic heterocycles. The van der Waals surface area contributed by atoms with Gasteiger partial charge in [0.05, 0.1) is 0 Å². The Kier molecular flexibility index (Phi) is 11.3. The SMILES string of the molecule is CCCCCCc1cc(OC2CCN(C[C@H]3CC[C@H](C(=O)NCCC(C)C)CC3)CC2)c2ncccc2c1. The molecule has 210 valence electrons. The number of pyridine rings is 1. The summed E-state index contributed by atoms with van der Waals surface area (Å²) in [7, 11) is 0. The van der Waals surface area contributed by atoms with Gasteiger partial charge >= 0.3 is 0 Å². The molecule has 1 N–H and O–H groups in total. The van der Waals surface area contributed by atoms with Crippen LogP contribution in [0.5, 0.6) is 5.75 Å². The molecule has 1 saturated heterocycles. The molecule has 5 nitrogen and oxygen atoms in total. The molecular weight excluding hydrogens is 470 g/mol. The summed E-state index contributed by atoms with van der Waals surface area (Å²) in [4.78, 5) is 19.8. The van der Waals surface area contributed by atoms with Crippen LogP contribution < -0.4 is 10.1 Å². The van der Waals surface area contributed by atoms with Gasteiger partial charge in [-0.2, -0.15) is 0 Å². The minimum Gasteiger partial charge on any atom is -0.488 e. The van der Waals surface area contributed by atoms with Gasteiger partial charge in [-0.3, -0.25) is 9.78 Å². The first-order chi connectivity index (χ1) is 18.5. The number of aromatic nitrogens is 1. The fraction of sp³-hybridized carbons (Fsp3) is 0.697. The van der Waals surface area contributed by atoms with E-state index in [1.165, 1.54) is 56.0 Å². The molecule has 1 aliphatic carbocycles. The van der Waals surface area contributed by atoms with Crippen molar-refractivity contribution in [2.24, 2.45) is 17.8 Å². The van der Waals surface area contributed by atoms with E-state index >= 15 is 0 Å². The second-order valence-corrected chi connectivity index (χ2v) is 12.3. The van der Waals surface area contributed by atoms with E-state index in [1.807, 2.05) is 12.3 Å². The number of piperidine rings is 1. The molecule has 2 aromatic rings. The van der Waals surface area contributed by atoms with Crippen molar-refractivity contribution in [3.63, 3.8) is 0 Å². The number of carbonyl (C=O) groups excluding carboxylic acids is 1. The van der Waals surface area contributed by atoms with Crippen molar-refractivity contribution in [2.45, 2.75) is 104 Å². The van der Waals surface area contributed by atoms with Crippen LogP contribution in [-0.2, 0) is 11.2 Å². The van der Waals surface area contributed by atoms with E-state index in [-0.39, 0.29) is 17.9 Å². The Bertz CT molecular complexity index is 991. The van der Waals surface area contributed by atoms with Gasteiger partial charge in [-0.15, -0.1) is 0 Å². The molecule has 2 aliphatic rings. The number of ether oxygens (including phenoxy) is 1. The number of nitrogens with zero attached hydrogens (tertiary/aromatic N) is 2. The molecular formula is C33H51N3O2. The fourth-order valence-corrected chi connectivity index (χ4v) is 6.20. The molecule has 1 amide bonds. The van der Waals surface area contributed by atoms with Crippen molar-refractivity contribution >= 4 is 16.8 Å². The van der Waals surface area contributed by atoms with E-state index in [2.05, 4.69) is 54.2 Å². The minimum atomic E-state index is 0.225. The zero-order chi connectivity index (χ0) is 26.7. The number of hydrogen-bond donors (Lipinski definition) is 1. The van der Waals surface area contributed by atoms with Crippen LogP contribution in [0.2, 0.25) is 0 Å². The van der Waals surface area contributed by atoms with Crippen molar-refractivity contribution in [2.75, 3.05) is 26.2 Å². The third kappa shape index (κ3) is 8.69. The van der Waals surface area contributed by atoms with Crippen LogP contribution in [0.15, 0.2) is 30.5 Å². The van der Waals surface area contributed by atoms with Crippen molar-refractivity contribution in [3.8, 4) is 5.75 Å². The molecule has 0 atom stereocenters. The second-order valence-electron chi connectivity index (χ2n) is 12.3. The van der Waals surface area contributed by atoms with E-state index < -0.39 is 0 Å². The van der Waals surface area contributed by atoms with Crippen LogP contribution >= 0.6 is 0 Å². The summed E-state index contributed by atoms with van der Waals surface area (Å²) in [6.45, 7) is 10.9. The monoisotopic (exact) mass is 521 g/mol. The van der Waals surface area contributed by atoms with Crippen LogP contribution in [0, 0.1) is 17.8 Å². The van der Waals surface area contributed by atoms with Gasteiger partial charge in [-0.1, -0.05) is 46.1 Å². The number of fused-ring (bicyclic) bond motifs is 1. The van der Waals surface area contributed by atoms with Crippen molar-refractivity contribution < 1.29 is 9.53 Å². The highest BCUT2D eigenvalue weighted by Gasteiger charge is 2.29. The lowest BCUT2D eigenvalue weighted by Gasteiger charge is -2.36. The highest BCUT2D eigenvalue weighted by atomic mass is 16.5. The largest absolute Gasteiger partial charge is 0.488 e. The Morgan fingerprint density at radius 2 is 1.87 bits per heavy atom. The van der Waals surface area contributed by atoms with Gasteiger partial charge in [0.2, 0.25) is 5.91 Å². The molecule has 5 heteroatoms. The maximum atomic E-state index is 12.5. The van der Waals surface area contributed by atoms with Gasteiger partial charge < -0.3 is 15.0 Å². The number of carbonyl (C=O) groups is 1. The summed E-state index contributed by atoms with van der Waals surface area (Å²) in [6, 6.07) is 8.74. The normalized spacial score (nSPS) is 21.2. The first kappa shape index (κ1) is 28.9.